The fourth-order valence-corrected chi connectivity index (χ4v) is 1.57. The quantitative estimate of drug-likeness (QED) is 0.321. The molecule has 0 saturated heterocycles. The van der Waals surface area contributed by atoms with Crippen LogP contribution in [0, 0.1) is 0 Å². The lowest BCUT2D eigenvalue weighted by molar-refractivity contribution is 0.0418. The van der Waals surface area contributed by atoms with E-state index in [0.29, 0.717) is 6.54 Å². The summed E-state index contributed by atoms with van der Waals surface area (Å²) in [4.78, 5) is 4.45. The van der Waals surface area contributed by atoms with Gasteiger partial charge in [-0.05, 0) is 33.1 Å². The minimum atomic E-state index is -0.687. The van der Waals surface area contributed by atoms with Crippen LogP contribution >= 0.6 is 0 Å². The van der Waals surface area contributed by atoms with E-state index < -0.39 is 5.60 Å². The molecule has 5 nitrogen and oxygen atoms in total. The van der Waals surface area contributed by atoms with Crippen molar-refractivity contribution in [2.24, 2.45) is 4.99 Å². The second kappa shape index (κ2) is 11.1. The van der Waals surface area contributed by atoms with Gasteiger partial charge in [0.25, 0.3) is 0 Å². The van der Waals surface area contributed by atoms with Gasteiger partial charge in [-0.15, -0.1) is 0 Å². The van der Waals surface area contributed by atoms with Gasteiger partial charge in [-0.1, -0.05) is 13.8 Å². The van der Waals surface area contributed by atoms with E-state index in [0.717, 1.165) is 51.5 Å². The second-order valence-corrected chi connectivity index (χ2v) is 4.60. The molecular weight excluding hydrogens is 242 g/mol. The van der Waals surface area contributed by atoms with Crippen LogP contribution in [0.5, 0.6) is 0 Å². The summed E-state index contributed by atoms with van der Waals surface area (Å²) < 4.78 is 5.28. The maximum absolute atomic E-state index is 10.2. The van der Waals surface area contributed by atoms with E-state index in [9.17, 15) is 5.11 Å². The molecule has 0 aromatic rings. The van der Waals surface area contributed by atoms with Crippen LogP contribution in [-0.2, 0) is 4.74 Å². The van der Waals surface area contributed by atoms with Crippen molar-refractivity contribution < 1.29 is 9.84 Å². The highest BCUT2D eigenvalue weighted by molar-refractivity contribution is 5.79. The maximum atomic E-state index is 10.2. The van der Waals surface area contributed by atoms with Gasteiger partial charge in [-0.3, -0.25) is 4.99 Å². The van der Waals surface area contributed by atoms with Crippen LogP contribution in [0.1, 0.15) is 47.0 Å². The van der Waals surface area contributed by atoms with E-state index in [1.165, 1.54) is 0 Å². The molecule has 0 unspecified atom stereocenters. The Bertz CT molecular complexity index is 241. The summed E-state index contributed by atoms with van der Waals surface area (Å²) in [6.07, 6.45) is 2.39. The molecule has 0 rings (SSSR count). The van der Waals surface area contributed by atoms with Crippen molar-refractivity contribution in [2.45, 2.75) is 52.6 Å². The zero-order chi connectivity index (χ0) is 14.6. The number of guanidine groups is 1. The number of hydrogen-bond donors (Lipinski definition) is 3. The lowest BCUT2D eigenvalue weighted by Gasteiger charge is -2.23. The lowest BCUT2D eigenvalue weighted by Crippen LogP contribution is -2.40. The molecule has 0 amide bonds. The van der Waals surface area contributed by atoms with Gasteiger partial charge < -0.3 is 20.5 Å². The first-order chi connectivity index (χ1) is 9.11. The molecule has 0 saturated carbocycles. The topological polar surface area (TPSA) is 65.9 Å². The third-order valence-electron chi connectivity index (χ3n) is 3.15. The Kier molecular flexibility index (Phi) is 10.6. The highest BCUT2D eigenvalue weighted by atomic mass is 16.5. The molecule has 5 heteroatoms. The first-order valence-electron chi connectivity index (χ1n) is 7.44. The van der Waals surface area contributed by atoms with Crippen molar-refractivity contribution in [3.8, 4) is 0 Å². The normalized spacial score (nSPS) is 12.6. The van der Waals surface area contributed by atoms with Crippen LogP contribution in [0.15, 0.2) is 4.99 Å². The smallest absolute Gasteiger partial charge is 0.191 e. The van der Waals surface area contributed by atoms with Crippen molar-refractivity contribution >= 4 is 5.96 Å². The Balaban J connectivity index is 4.15. The molecule has 0 spiro atoms. The van der Waals surface area contributed by atoms with E-state index in [1.807, 2.05) is 27.7 Å². The fraction of sp³-hybridized carbons (Fsp3) is 0.929. The zero-order valence-electron chi connectivity index (χ0n) is 13.0. The molecule has 0 aromatic carbocycles. The fourth-order valence-electron chi connectivity index (χ4n) is 1.57. The standard InChI is InChI=1S/C14H31N3O2/c1-5-14(18,6-2)12-17-13(15-7-3)16-10-9-11-19-8-4/h18H,5-12H2,1-4H3,(H2,15,16,17). The Labute approximate surface area is 117 Å². The largest absolute Gasteiger partial charge is 0.388 e. The van der Waals surface area contributed by atoms with Crippen molar-refractivity contribution in [3.05, 3.63) is 0 Å². The van der Waals surface area contributed by atoms with E-state index in [1.54, 1.807) is 0 Å². The summed E-state index contributed by atoms with van der Waals surface area (Å²) in [6.45, 7) is 11.6. The van der Waals surface area contributed by atoms with Crippen molar-refractivity contribution in [1.82, 2.24) is 10.6 Å². The van der Waals surface area contributed by atoms with Gasteiger partial charge in [0, 0.05) is 26.3 Å². The molecule has 0 heterocycles. The Hall–Kier alpha value is -0.810. The molecule has 0 bridgehead atoms. The predicted octanol–water partition coefficient (Wildman–Crippen LogP) is 1.52. The molecule has 0 aliphatic carbocycles. The predicted molar refractivity (Wildman–Crippen MR) is 80.6 cm³/mol. The molecule has 0 atom stereocenters. The Morgan fingerprint density at radius 2 is 1.84 bits per heavy atom. The van der Waals surface area contributed by atoms with Crippen LogP contribution < -0.4 is 10.6 Å². The van der Waals surface area contributed by atoms with Crippen molar-refractivity contribution in [2.75, 3.05) is 32.8 Å². The summed E-state index contributed by atoms with van der Waals surface area (Å²) >= 11 is 0. The van der Waals surface area contributed by atoms with Crippen LogP contribution in [0.25, 0.3) is 0 Å². The Morgan fingerprint density at radius 3 is 2.37 bits per heavy atom. The molecule has 3 N–H and O–H groups in total. The van der Waals surface area contributed by atoms with Crippen LogP contribution in [0.2, 0.25) is 0 Å². The van der Waals surface area contributed by atoms with Crippen LogP contribution in [-0.4, -0.2) is 49.5 Å². The summed E-state index contributed by atoms with van der Waals surface area (Å²) in [5, 5.41) is 16.6. The molecular formula is C14H31N3O2. The van der Waals surface area contributed by atoms with E-state index in [4.69, 9.17) is 4.74 Å². The van der Waals surface area contributed by atoms with Gasteiger partial charge in [0.1, 0.15) is 0 Å². The zero-order valence-corrected chi connectivity index (χ0v) is 13.0. The summed E-state index contributed by atoms with van der Waals surface area (Å²) in [6, 6.07) is 0. The number of nitrogens with one attached hydrogen (secondary N) is 2. The molecule has 0 radical (unpaired) electrons. The number of aliphatic imine (C=N–C) groups is 1. The van der Waals surface area contributed by atoms with Gasteiger partial charge >= 0.3 is 0 Å². The second-order valence-electron chi connectivity index (χ2n) is 4.60. The van der Waals surface area contributed by atoms with E-state index >= 15 is 0 Å². The molecule has 0 fully saturated rings. The summed E-state index contributed by atoms with van der Waals surface area (Å²) in [5.41, 5.74) is -0.687. The summed E-state index contributed by atoms with van der Waals surface area (Å²) in [5.74, 6) is 0.763. The number of nitrogens with zero attached hydrogens (tertiary/aromatic N) is 1. The van der Waals surface area contributed by atoms with Crippen LogP contribution in [0.3, 0.4) is 0 Å². The van der Waals surface area contributed by atoms with Crippen LogP contribution in [0.4, 0.5) is 0 Å². The minimum Gasteiger partial charge on any atom is -0.388 e. The van der Waals surface area contributed by atoms with Crippen molar-refractivity contribution in [3.63, 3.8) is 0 Å². The molecule has 0 aliphatic rings. The van der Waals surface area contributed by atoms with Gasteiger partial charge in [0.2, 0.25) is 0 Å². The van der Waals surface area contributed by atoms with Gasteiger partial charge in [0.05, 0.1) is 12.1 Å². The van der Waals surface area contributed by atoms with E-state index in [2.05, 4.69) is 15.6 Å². The van der Waals surface area contributed by atoms with Gasteiger partial charge in [-0.2, -0.15) is 0 Å². The molecule has 0 aromatic heterocycles. The van der Waals surface area contributed by atoms with Gasteiger partial charge in [-0.25, -0.2) is 0 Å². The number of rotatable bonds is 10. The molecule has 0 aliphatic heterocycles. The highest BCUT2D eigenvalue weighted by Gasteiger charge is 2.21. The Morgan fingerprint density at radius 1 is 1.16 bits per heavy atom. The summed E-state index contributed by atoms with van der Waals surface area (Å²) in [7, 11) is 0. The number of aliphatic hydroxyl groups is 1. The molecule has 114 valence electrons. The first kappa shape index (κ1) is 18.2. The average Bonchev–Trinajstić information content (AvgIpc) is 2.44. The first-order valence-corrected chi connectivity index (χ1v) is 7.44. The van der Waals surface area contributed by atoms with E-state index in [-0.39, 0.29) is 0 Å². The van der Waals surface area contributed by atoms with Crippen molar-refractivity contribution in [1.29, 1.82) is 0 Å². The molecule has 19 heavy (non-hydrogen) atoms. The third kappa shape index (κ3) is 8.83. The lowest BCUT2D eigenvalue weighted by atomic mass is 9.98. The number of ether oxygens (including phenoxy) is 1. The minimum absolute atomic E-state index is 0.431. The SMILES string of the molecule is CCNC(=NCC(O)(CC)CC)NCCCOCC. The highest BCUT2D eigenvalue weighted by Crippen LogP contribution is 2.14. The third-order valence-corrected chi connectivity index (χ3v) is 3.15. The monoisotopic (exact) mass is 273 g/mol. The maximum Gasteiger partial charge on any atom is 0.191 e. The number of hydrogen-bond acceptors (Lipinski definition) is 3. The average molecular weight is 273 g/mol. The van der Waals surface area contributed by atoms with Gasteiger partial charge in [0.15, 0.2) is 5.96 Å².